The third-order valence-electron chi connectivity index (χ3n) is 4.15. The van der Waals surface area contributed by atoms with Crippen molar-refractivity contribution in [1.82, 2.24) is 9.55 Å². The van der Waals surface area contributed by atoms with Crippen LogP contribution in [0.25, 0.3) is 0 Å². The summed E-state index contributed by atoms with van der Waals surface area (Å²) in [5.41, 5.74) is 2.70. The number of aromatic nitrogens is 2. The molecule has 0 bridgehead atoms. The molecule has 0 saturated carbocycles. The van der Waals surface area contributed by atoms with Crippen LogP contribution in [0.4, 0.5) is 5.69 Å². The Morgan fingerprint density at radius 1 is 1.41 bits per heavy atom. The summed E-state index contributed by atoms with van der Waals surface area (Å²) in [5, 5.41) is 3.79. The number of nitrogens with zero attached hydrogens (tertiary/aromatic N) is 2. The minimum Gasteiger partial charge on any atom is -0.383 e. The summed E-state index contributed by atoms with van der Waals surface area (Å²) in [6.45, 7) is 4.93. The quantitative estimate of drug-likeness (QED) is 0.564. The summed E-state index contributed by atoms with van der Waals surface area (Å²) >= 11 is 2.86. The molecule has 2 aromatic rings. The monoisotopic (exact) mass is 405 g/mol. The normalized spacial score (nSPS) is 15.6. The summed E-state index contributed by atoms with van der Waals surface area (Å²) in [6.07, 6.45) is 0.781. The summed E-state index contributed by atoms with van der Waals surface area (Å²) < 4.78 is 6.75. The van der Waals surface area contributed by atoms with Crippen LogP contribution >= 0.6 is 23.5 Å². The van der Waals surface area contributed by atoms with Crippen LogP contribution in [-0.4, -0.2) is 40.2 Å². The van der Waals surface area contributed by atoms with E-state index in [-0.39, 0.29) is 17.2 Å². The highest BCUT2D eigenvalue weighted by molar-refractivity contribution is 8.00. The molecular weight excluding hydrogens is 382 g/mol. The Hall–Kier alpha value is -1.77. The lowest BCUT2D eigenvalue weighted by molar-refractivity contribution is -0.113. The fraction of sp³-hybridized carbons (Fsp3) is 0.421. The molecule has 0 fully saturated rings. The largest absolute Gasteiger partial charge is 0.383 e. The summed E-state index contributed by atoms with van der Waals surface area (Å²) in [7, 11) is 1.60. The number of carbonyl (C=O) groups excluding carboxylic acids is 1. The number of anilines is 1. The molecule has 6 nitrogen and oxygen atoms in total. The van der Waals surface area contributed by atoms with Crippen molar-refractivity contribution in [3.8, 4) is 0 Å². The van der Waals surface area contributed by atoms with Crippen LogP contribution in [-0.2, 0) is 22.5 Å². The smallest absolute Gasteiger partial charge is 0.268 e. The molecule has 1 N–H and O–H groups in total. The van der Waals surface area contributed by atoms with Crippen LogP contribution in [0.3, 0.4) is 0 Å². The zero-order valence-electron chi connectivity index (χ0n) is 15.7. The van der Waals surface area contributed by atoms with Crippen LogP contribution in [0.1, 0.15) is 18.2 Å². The maximum Gasteiger partial charge on any atom is 0.268 e. The minimum absolute atomic E-state index is 0.0344. The van der Waals surface area contributed by atoms with Gasteiger partial charge in [0.25, 0.3) is 5.56 Å². The van der Waals surface area contributed by atoms with E-state index in [2.05, 4.69) is 17.2 Å². The SMILES string of the molecule is COCCn1c(SCC(=O)Nc2ccc(C)cc2)nc2c(c1=O)S[C@H](C)C2. The molecule has 1 atom stereocenters. The van der Waals surface area contributed by atoms with Crippen molar-refractivity contribution in [3.63, 3.8) is 0 Å². The van der Waals surface area contributed by atoms with Gasteiger partial charge >= 0.3 is 0 Å². The van der Waals surface area contributed by atoms with E-state index >= 15 is 0 Å². The second kappa shape index (κ2) is 8.95. The van der Waals surface area contributed by atoms with Crippen molar-refractivity contribution in [1.29, 1.82) is 0 Å². The first-order valence-electron chi connectivity index (χ1n) is 8.76. The number of nitrogens with one attached hydrogen (secondary N) is 1. The molecule has 1 aliphatic heterocycles. The number of methoxy groups -OCH3 is 1. The molecule has 0 saturated heterocycles. The van der Waals surface area contributed by atoms with Gasteiger partial charge < -0.3 is 10.1 Å². The predicted molar refractivity (Wildman–Crippen MR) is 110 cm³/mol. The Bertz CT molecular complexity index is 881. The van der Waals surface area contributed by atoms with Crippen molar-refractivity contribution in [2.45, 2.75) is 42.1 Å². The van der Waals surface area contributed by atoms with Gasteiger partial charge in [0.15, 0.2) is 5.16 Å². The molecule has 27 heavy (non-hydrogen) atoms. The van der Waals surface area contributed by atoms with Gasteiger partial charge in [0.2, 0.25) is 5.91 Å². The molecule has 2 heterocycles. The second-order valence-corrected chi connectivity index (χ2v) is 8.85. The lowest BCUT2D eigenvalue weighted by atomic mass is 10.2. The number of amides is 1. The number of aryl methyl sites for hydroxylation is 1. The van der Waals surface area contributed by atoms with Gasteiger partial charge in [0.1, 0.15) is 0 Å². The number of benzene rings is 1. The fourth-order valence-corrected chi connectivity index (χ4v) is 4.74. The zero-order valence-corrected chi connectivity index (χ0v) is 17.3. The third kappa shape index (κ3) is 4.94. The average Bonchev–Trinajstić information content (AvgIpc) is 3.02. The van der Waals surface area contributed by atoms with Gasteiger partial charge in [0, 0.05) is 24.5 Å². The first-order valence-corrected chi connectivity index (χ1v) is 10.6. The van der Waals surface area contributed by atoms with Crippen LogP contribution in [0.5, 0.6) is 0 Å². The lowest BCUT2D eigenvalue weighted by Gasteiger charge is -2.13. The topological polar surface area (TPSA) is 73.2 Å². The Balaban J connectivity index is 1.74. The number of hydrogen-bond donors (Lipinski definition) is 1. The maximum atomic E-state index is 12.8. The molecule has 1 aromatic carbocycles. The van der Waals surface area contributed by atoms with Crippen molar-refractivity contribution < 1.29 is 9.53 Å². The number of thioether (sulfide) groups is 2. The number of carbonyl (C=O) groups is 1. The van der Waals surface area contributed by atoms with Crippen molar-refractivity contribution >= 4 is 35.1 Å². The van der Waals surface area contributed by atoms with Gasteiger partial charge in [-0.3, -0.25) is 14.2 Å². The van der Waals surface area contributed by atoms with E-state index in [1.54, 1.807) is 23.4 Å². The van der Waals surface area contributed by atoms with E-state index < -0.39 is 0 Å². The van der Waals surface area contributed by atoms with Gasteiger partial charge in [-0.15, -0.1) is 11.8 Å². The highest BCUT2D eigenvalue weighted by atomic mass is 32.2. The predicted octanol–water partition coefficient (Wildman–Crippen LogP) is 2.97. The molecule has 1 amide bonds. The summed E-state index contributed by atoms with van der Waals surface area (Å²) in [4.78, 5) is 30.5. The number of hydrogen-bond acceptors (Lipinski definition) is 6. The van der Waals surface area contributed by atoms with Crippen LogP contribution in [0, 0.1) is 6.92 Å². The number of rotatable bonds is 7. The Morgan fingerprint density at radius 3 is 2.85 bits per heavy atom. The van der Waals surface area contributed by atoms with Crippen molar-refractivity contribution in [2.24, 2.45) is 0 Å². The first-order chi connectivity index (χ1) is 13.0. The molecule has 0 unspecified atom stereocenters. The van der Waals surface area contributed by atoms with Crippen LogP contribution in [0.2, 0.25) is 0 Å². The van der Waals surface area contributed by atoms with E-state index in [1.807, 2.05) is 31.2 Å². The maximum absolute atomic E-state index is 12.8. The molecule has 0 aliphatic carbocycles. The summed E-state index contributed by atoms with van der Waals surface area (Å²) in [6, 6.07) is 7.65. The van der Waals surface area contributed by atoms with Gasteiger partial charge in [-0.1, -0.05) is 36.4 Å². The average molecular weight is 406 g/mol. The van der Waals surface area contributed by atoms with Gasteiger partial charge in [0.05, 0.1) is 29.5 Å². The molecule has 8 heteroatoms. The van der Waals surface area contributed by atoms with Crippen molar-refractivity contribution in [3.05, 3.63) is 45.9 Å². The van der Waals surface area contributed by atoms with E-state index in [1.165, 1.54) is 11.8 Å². The Labute approximate surface area is 167 Å². The third-order valence-corrected chi connectivity index (χ3v) is 6.34. The van der Waals surface area contributed by atoms with E-state index in [4.69, 9.17) is 4.74 Å². The fourth-order valence-electron chi connectivity index (χ4n) is 2.79. The Kier molecular flexibility index (Phi) is 6.62. The lowest BCUT2D eigenvalue weighted by Crippen LogP contribution is -2.27. The Morgan fingerprint density at radius 2 is 2.15 bits per heavy atom. The highest BCUT2D eigenvalue weighted by Gasteiger charge is 2.26. The van der Waals surface area contributed by atoms with E-state index in [0.717, 1.165) is 28.3 Å². The van der Waals surface area contributed by atoms with E-state index in [9.17, 15) is 9.59 Å². The highest BCUT2D eigenvalue weighted by Crippen LogP contribution is 2.34. The summed E-state index contributed by atoms with van der Waals surface area (Å²) in [5.74, 6) is 0.0639. The molecule has 3 rings (SSSR count). The van der Waals surface area contributed by atoms with Crippen LogP contribution < -0.4 is 10.9 Å². The molecule has 0 radical (unpaired) electrons. The van der Waals surface area contributed by atoms with Gasteiger partial charge in [-0.05, 0) is 19.1 Å². The molecule has 1 aliphatic rings. The minimum atomic E-state index is -0.125. The first kappa shape index (κ1) is 20.0. The van der Waals surface area contributed by atoms with Gasteiger partial charge in [-0.25, -0.2) is 4.98 Å². The number of fused-ring (bicyclic) bond motifs is 1. The van der Waals surface area contributed by atoms with Crippen molar-refractivity contribution in [2.75, 3.05) is 24.8 Å². The second-order valence-electron chi connectivity index (χ2n) is 6.46. The van der Waals surface area contributed by atoms with E-state index in [0.29, 0.717) is 23.6 Å². The standard InChI is InChI=1S/C19H23N3O3S2/c1-12-4-6-14(7-5-12)20-16(23)11-26-19-21-15-10-13(2)27-17(15)18(24)22(19)8-9-25-3/h4-7,13H,8-11H2,1-3H3,(H,20,23)/t13-/m1/s1. The number of ether oxygens (including phenoxy) is 1. The molecular formula is C19H23N3O3S2. The van der Waals surface area contributed by atoms with Crippen LogP contribution in [0.15, 0.2) is 39.1 Å². The molecule has 1 aromatic heterocycles. The molecule has 0 spiro atoms. The molecule has 144 valence electrons. The van der Waals surface area contributed by atoms with Gasteiger partial charge in [-0.2, -0.15) is 0 Å². The zero-order chi connectivity index (χ0) is 19.4.